The topological polar surface area (TPSA) is 37.1 Å². The van der Waals surface area contributed by atoms with Gasteiger partial charge in [0.15, 0.2) is 11.7 Å². The molecule has 0 saturated carbocycles. The molecule has 0 bridgehead atoms. The summed E-state index contributed by atoms with van der Waals surface area (Å²) in [5.74, 6) is 1.18. The minimum atomic E-state index is 0.535. The van der Waals surface area contributed by atoms with Crippen molar-refractivity contribution in [1.29, 1.82) is 0 Å². The molecule has 4 aromatic carbocycles. The lowest BCUT2D eigenvalue weighted by atomic mass is 10.0. The molecule has 4 heteroatoms. The maximum Gasteiger partial charge on any atom is 0.161 e. The summed E-state index contributed by atoms with van der Waals surface area (Å²) in [6, 6.07) is 36.6. The van der Waals surface area contributed by atoms with Gasteiger partial charge in [-0.3, -0.25) is 4.99 Å². The van der Waals surface area contributed by atoms with Crippen LogP contribution >= 0.6 is 15.9 Å². The molecule has 0 aliphatic carbocycles. The standard InChI is InChI=1S/C28H22BrN3/c1-30-27(24-10-6-3-7-11-24)32-28(31-20-21-8-4-2-5-9-21)25-14-12-22(13-15-25)23-16-18-26(29)19-17-23/h2-19H,1,20H2. The molecule has 0 amide bonds. The third-order valence-electron chi connectivity index (χ3n) is 4.97. The van der Waals surface area contributed by atoms with Gasteiger partial charge in [0.05, 0.1) is 6.54 Å². The fourth-order valence-corrected chi connectivity index (χ4v) is 3.54. The van der Waals surface area contributed by atoms with E-state index in [4.69, 9.17) is 9.98 Å². The Bertz CT molecular complexity index is 1230. The molecule has 0 heterocycles. The molecule has 0 spiro atoms. The fraction of sp³-hybridized carbons (Fsp3) is 0.0357. The predicted octanol–water partition coefficient (Wildman–Crippen LogP) is 7.21. The molecular formula is C28H22BrN3. The summed E-state index contributed by atoms with van der Waals surface area (Å²) in [4.78, 5) is 13.8. The Morgan fingerprint density at radius 3 is 1.75 bits per heavy atom. The van der Waals surface area contributed by atoms with E-state index >= 15 is 0 Å². The van der Waals surface area contributed by atoms with Gasteiger partial charge in [-0.1, -0.05) is 113 Å². The molecular weight excluding hydrogens is 458 g/mol. The lowest BCUT2D eigenvalue weighted by Gasteiger charge is -2.08. The summed E-state index contributed by atoms with van der Waals surface area (Å²) in [6.45, 7) is 4.26. The Morgan fingerprint density at radius 1 is 0.625 bits per heavy atom. The van der Waals surface area contributed by atoms with Crippen LogP contribution in [0.2, 0.25) is 0 Å². The van der Waals surface area contributed by atoms with Gasteiger partial charge >= 0.3 is 0 Å². The Hall–Kier alpha value is -3.63. The smallest absolute Gasteiger partial charge is 0.161 e. The molecule has 156 valence electrons. The monoisotopic (exact) mass is 479 g/mol. The van der Waals surface area contributed by atoms with Crippen LogP contribution in [0.1, 0.15) is 16.7 Å². The zero-order valence-corrected chi connectivity index (χ0v) is 19.1. The predicted molar refractivity (Wildman–Crippen MR) is 139 cm³/mol. The van der Waals surface area contributed by atoms with Crippen molar-refractivity contribution in [1.82, 2.24) is 0 Å². The average molecular weight is 480 g/mol. The molecule has 0 aliphatic rings. The quantitative estimate of drug-likeness (QED) is 0.214. The minimum absolute atomic E-state index is 0.535. The van der Waals surface area contributed by atoms with Crippen LogP contribution in [-0.2, 0) is 6.54 Å². The van der Waals surface area contributed by atoms with Crippen LogP contribution in [0, 0.1) is 0 Å². The van der Waals surface area contributed by atoms with E-state index in [2.05, 4.69) is 76.2 Å². The van der Waals surface area contributed by atoms with Crippen molar-refractivity contribution in [3.05, 3.63) is 130 Å². The Morgan fingerprint density at radius 2 is 1.16 bits per heavy atom. The van der Waals surface area contributed by atoms with Gasteiger partial charge in [-0.25, -0.2) is 9.98 Å². The molecule has 0 radical (unpaired) electrons. The van der Waals surface area contributed by atoms with Crippen molar-refractivity contribution in [2.75, 3.05) is 0 Å². The zero-order valence-electron chi connectivity index (χ0n) is 17.5. The van der Waals surface area contributed by atoms with Crippen LogP contribution in [0.5, 0.6) is 0 Å². The molecule has 0 unspecified atom stereocenters. The molecule has 0 N–H and O–H groups in total. The van der Waals surface area contributed by atoms with Crippen LogP contribution in [0.4, 0.5) is 0 Å². The summed E-state index contributed by atoms with van der Waals surface area (Å²) in [5.41, 5.74) is 5.25. The normalized spacial score (nSPS) is 11.9. The minimum Gasteiger partial charge on any atom is -0.261 e. The first-order valence-corrected chi connectivity index (χ1v) is 11.1. The first kappa shape index (κ1) is 21.6. The van der Waals surface area contributed by atoms with Crippen molar-refractivity contribution in [3.8, 4) is 11.1 Å². The highest BCUT2D eigenvalue weighted by Gasteiger charge is 2.08. The van der Waals surface area contributed by atoms with E-state index in [0.717, 1.165) is 32.3 Å². The van der Waals surface area contributed by atoms with Crippen LogP contribution in [0.15, 0.2) is 129 Å². The number of aliphatic imine (C=N–C) groups is 3. The number of rotatable bonds is 5. The third-order valence-corrected chi connectivity index (χ3v) is 5.50. The van der Waals surface area contributed by atoms with E-state index in [1.807, 2.05) is 60.7 Å². The summed E-state index contributed by atoms with van der Waals surface area (Å²) in [7, 11) is 0. The van der Waals surface area contributed by atoms with E-state index in [0.29, 0.717) is 18.2 Å². The van der Waals surface area contributed by atoms with Gasteiger partial charge in [0.2, 0.25) is 0 Å². The van der Waals surface area contributed by atoms with Gasteiger partial charge in [-0.15, -0.1) is 0 Å². The molecule has 0 aliphatic heterocycles. The first-order valence-electron chi connectivity index (χ1n) is 10.3. The van der Waals surface area contributed by atoms with Gasteiger partial charge in [0, 0.05) is 15.6 Å². The summed E-state index contributed by atoms with van der Waals surface area (Å²) in [6.07, 6.45) is 0. The second-order valence-electron chi connectivity index (χ2n) is 7.17. The summed E-state index contributed by atoms with van der Waals surface area (Å²) < 4.78 is 1.06. The highest BCUT2D eigenvalue weighted by Crippen LogP contribution is 2.23. The van der Waals surface area contributed by atoms with Gasteiger partial charge in [-0.05, 0) is 35.5 Å². The SMILES string of the molecule is C=NC(=NC(=NCc1ccccc1)c1ccc(-c2ccc(Br)cc2)cc1)c1ccccc1. The van der Waals surface area contributed by atoms with Crippen LogP contribution < -0.4 is 0 Å². The van der Waals surface area contributed by atoms with Gasteiger partial charge < -0.3 is 0 Å². The van der Waals surface area contributed by atoms with Gasteiger partial charge in [0.25, 0.3) is 0 Å². The molecule has 4 rings (SSSR count). The van der Waals surface area contributed by atoms with Crippen molar-refractivity contribution in [2.45, 2.75) is 6.54 Å². The van der Waals surface area contributed by atoms with E-state index in [9.17, 15) is 0 Å². The van der Waals surface area contributed by atoms with Crippen LogP contribution in [-0.4, -0.2) is 18.4 Å². The van der Waals surface area contributed by atoms with Crippen LogP contribution in [0.3, 0.4) is 0 Å². The second-order valence-corrected chi connectivity index (χ2v) is 8.08. The largest absolute Gasteiger partial charge is 0.261 e. The number of hydrogen-bond donors (Lipinski definition) is 0. The number of benzene rings is 4. The van der Waals surface area contributed by atoms with E-state index in [1.54, 1.807) is 0 Å². The summed E-state index contributed by atoms with van der Waals surface area (Å²) in [5, 5.41) is 0. The highest BCUT2D eigenvalue weighted by molar-refractivity contribution is 9.10. The summed E-state index contributed by atoms with van der Waals surface area (Å²) >= 11 is 3.49. The lowest BCUT2D eigenvalue weighted by molar-refractivity contribution is 1.06. The number of amidine groups is 2. The second kappa shape index (κ2) is 10.6. The van der Waals surface area contributed by atoms with E-state index in [1.165, 1.54) is 0 Å². The number of hydrogen-bond acceptors (Lipinski definition) is 1. The Labute approximate surface area is 197 Å². The zero-order chi connectivity index (χ0) is 22.2. The molecule has 32 heavy (non-hydrogen) atoms. The molecule has 0 saturated heterocycles. The van der Waals surface area contributed by atoms with Gasteiger partial charge in [0.1, 0.15) is 0 Å². The van der Waals surface area contributed by atoms with Crippen molar-refractivity contribution >= 4 is 34.3 Å². The van der Waals surface area contributed by atoms with Gasteiger partial charge in [-0.2, -0.15) is 0 Å². The third kappa shape index (κ3) is 5.54. The molecule has 0 atom stereocenters. The first-order chi connectivity index (χ1) is 15.7. The number of halogens is 1. The maximum atomic E-state index is 4.83. The Balaban J connectivity index is 1.70. The number of nitrogens with zero attached hydrogens (tertiary/aromatic N) is 3. The highest BCUT2D eigenvalue weighted by atomic mass is 79.9. The van der Waals surface area contributed by atoms with Crippen LogP contribution in [0.25, 0.3) is 11.1 Å². The molecule has 0 fully saturated rings. The maximum absolute atomic E-state index is 4.83. The Kier molecular flexibility index (Phi) is 7.15. The van der Waals surface area contributed by atoms with E-state index in [-0.39, 0.29) is 0 Å². The van der Waals surface area contributed by atoms with Crippen molar-refractivity contribution in [3.63, 3.8) is 0 Å². The molecule has 0 aromatic heterocycles. The molecule has 4 aromatic rings. The average Bonchev–Trinajstić information content (AvgIpc) is 2.86. The molecule has 3 nitrogen and oxygen atoms in total. The van der Waals surface area contributed by atoms with Crippen molar-refractivity contribution in [2.24, 2.45) is 15.0 Å². The van der Waals surface area contributed by atoms with Crippen molar-refractivity contribution < 1.29 is 0 Å². The fourth-order valence-electron chi connectivity index (χ4n) is 3.27. The lowest BCUT2D eigenvalue weighted by Crippen LogP contribution is -2.05. The van der Waals surface area contributed by atoms with E-state index < -0.39 is 0 Å².